The molecular formula is C17H23N3O3. The molecule has 1 spiro atoms. The molecule has 1 aliphatic carbocycles. The highest BCUT2D eigenvalue weighted by Gasteiger charge is 2.41. The Kier molecular flexibility index (Phi) is 4.52. The highest BCUT2D eigenvalue weighted by Crippen LogP contribution is 2.39. The van der Waals surface area contributed by atoms with Gasteiger partial charge in [0.15, 0.2) is 0 Å². The molecule has 1 aromatic rings. The summed E-state index contributed by atoms with van der Waals surface area (Å²) in [6.45, 7) is 0.564. The molecule has 0 unspecified atom stereocenters. The average Bonchev–Trinajstić information content (AvgIpc) is 2.90. The van der Waals surface area contributed by atoms with Crippen molar-refractivity contribution in [3.05, 3.63) is 29.8 Å². The van der Waals surface area contributed by atoms with Crippen LogP contribution in [-0.2, 0) is 4.74 Å². The molecule has 0 aromatic heterocycles. The minimum Gasteiger partial charge on any atom is -0.373 e. The number of nitrogens with one attached hydrogen (secondary N) is 2. The second-order valence-corrected chi connectivity index (χ2v) is 6.50. The van der Waals surface area contributed by atoms with Crippen molar-refractivity contribution in [2.75, 3.05) is 11.9 Å². The van der Waals surface area contributed by atoms with Gasteiger partial charge in [0, 0.05) is 11.3 Å². The van der Waals surface area contributed by atoms with Crippen LogP contribution < -0.4 is 16.4 Å². The number of benzene rings is 1. The smallest absolute Gasteiger partial charge is 0.319 e. The van der Waals surface area contributed by atoms with Crippen molar-refractivity contribution in [2.45, 2.75) is 50.2 Å². The normalized spacial score (nSPS) is 22.7. The molecule has 6 heteroatoms. The van der Waals surface area contributed by atoms with E-state index in [0.29, 0.717) is 17.9 Å². The number of anilines is 1. The number of amides is 3. The minimum atomic E-state index is -0.516. The predicted octanol–water partition coefficient (Wildman–Crippen LogP) is 2.40. The van der Waals surface area contributed by atoms with Crippen molar-refractivity contribution in [1.82, 2.24) is 5.32 Å². The molecule has 6 nitrogen and oxygen atoms in total. The van der Waals surface area contributed by atoms with E-state index in [1.54, 1.807) is 24.3 Å². The molecular weight excluding hydrogens is 294 g/mol. The molecule has 1 saturated carbocycles. The standard InChI is InChI=1S/C17H23N3O3/c18-15(21)12-5-4-6-13(9-12)19-16(22)20-14-10-17(23-11-14)7-2-1-3-8-17/h4-6,9,14H,1-3,7-8,10-11H2,(H2,18,21)(H2,19,20,22)/t14-/m1/s1. The van der Waals surface area contributed by atoms with Gasteiger partial charge in [0.25, 0.3) is 0 Å². The predicted molar refractivity (Wildman–Crippen MR) is 87.3 cm³/mol. The van der Waals surface area contributed by atoms with Crippen molar-refractivity contribution >= 4 is 17.6 Å². The van der Waals surface area contributed by atoms with Gasteiger partial charge in [0.2, 0.25) is 5.91 Å². The Hall–Kier alpha value is -2.08. The summed E-state index contributed by atoms with van der Waals surface area (Å²) >= 11 is 0. The molecule has 2 fully saturated rings. The van der Waals surface area contributed by atoms with Gasteiger partial charge in [-0.05, 0) is 37.5 Å². The number of hydrogen-bond acceptors (Lipinski definition) is 3. The Bertz CT molecular complexity index is 597. The summed E-state index contributed by atoms with van der Waals surface area (Å²) in [5.74, 6) is -0.516. The number of rotatable bonds is 3. The fraction of sp³-hybridized carbons (Fsp3) is 0.529. The third-order valence-electron chi connectivity index (χ3n) is 4.71. The quantitative estimate of drug-likeness (QED) is 0.799. The lowest BCUT2D eigenvalue weighted by Gasteiger charge is -2.32. The van der Waals surface area contributed by atoms with Crippen LogP contribution >= 0.6 is 0 Å². The first-order valence-corrected chi connectivity index (χ1v) is 8.18. The van der Waals surface area contributed by atoms with Crippen LogP contribution in [-0.4, -0.2) is 30.2 Å². The molecule has 1 heterocycles. The molecule has 0 bridgehead atoms. The number of primary amides is 1. The minimum absolute atomic E-state index is 0.0257. The Morgan fingerprint density at radius 1 is 1.22 bits per heavy atom. The van der Waals surface area contributed by atoms with Crippen LogP contribution in [0.1, 0.15) is 48.9 Å². The molecule has 1 saturated heterocycles. The number of ether oxygens (including phenoxy) is 1. The lowest BCUT2D eigenvalue weighted by molar-refractivity contribution is -0.0245. The maximum absolute atomic E-state index is 12.1. The molecule has 124 valence electrons. The molecule has 1 atom stereocenters. The third kappa shape index (κ3) is 3.82. The van der Waals surface area contributed by atoms with Crippen molar-refractivity contribution in [3.8, 4) is 0 Å². The van der Waals surface area contributed by atoms with Crippen LogP contribution in [0.25, 0.3) is 0 Å². The van der Waals surface area contributed by atoms with E-state index in [2.05, 4.69) is 10.6 Å². The molecule has 3 amide bonds. The molecule has 1 aromatic carbocycles. The summed E-state index contributed by atoms with van der Waals surface area (Å²) in [7, 11) is 0. The van der Waals surface area contributed by atoms with E-state index in [0.717, 1.165) is 19.3 Å². The van der Waals surface area contributed by atoms with Crippen LogP contribution in [0, 0.1) is 0 Å². The van der Waals surface area contributed by atoms with E-state index in [1.165, 1.54) is 19.3 Å². The topological polar surface area (TPSA) is 93.5 Å². The van der Waals surface area contributed by atoms with E-state index in [1.807, 2.05) is 0 Å². The molecule has 0 radical (unpaired) electrons. The zero-order valence-corrected chi connectivity index (χ0v) is 13.1. The van der Waals surface area contributed by atoms with Crippen LogP contribution in [0.2, 0.25) is 0 Å². The maximum atomic E-state index is 12.1. The molecule has 1 aliphatic heterocycles. The summed E-state index contributed by atoms with van der Waals surface area (Å²) in [6.07, 6.45) is 6.75. The maximum Gasteiger partial charge on any atom is 0.319 e. The molecule has 23 heavy (non-hydrogen) atoms. The zero-order valence-electron chi connectivity index (χ0n) is 13.1. The Morgan fingerprint density at radius 2 is 2.00 bits per heavy atom. The summed E-state index contributed by atoms with van der Waals surface area (Å²) in [4.78, 5) is 23.3. The number of hydrogen-bond donors (Lipinski definition) is 3. The lowest BCUT2D eigenvalue weighted by Crippen LogP contribution is -2.39. The number of carbonyl (C=O) groups excluding carboxylic acids is 2. The second-order valence-electron chi connectivity index (χ2n) is 6.50. The van der Waals surface area contributed by atoms with Crippen molar-refractivity contribution in [1.29, 1.82) is 0 Å². The van der Waals surface area contributed by atoms with Gasteiger partial charge >= 0.3 is 6.03 Å². The first-order chi connectivity index (χ1) is 11.1. The SMILES string of the molecule is NC(=O)c1cccc(NC(=O)N[C@H]2COC3(CCCCC3)C2)c1. The fourth-order valence-electron chi connectivity index (χ4n) is 3.58. The van der Waals surface area contributed by atoms with E-state index >= 15 is 0 Å². The largest absolute Gasteiger partial charge is 0.373 e. The van der Waals surface area contributed by atoms with Crippen molar-refractivity contribution < 1.29 is 14.3 Å². The molecule has 2 aliphatic rings. The third-order valence-corrected chi connectivity index (χ3v) is 4.71. The summed E-state index contributed by atoms with van der Waals surface area (Å²) < 4.78 is 5.99. The number of urea groups is 1. The van der Waals surface area contributed by atoms with Crippen molar-refractivity contribution in [3.63, 3.8) is 0 Å². The highest BCUT2D eigenvalue weighted by atomic mass is 16.5. The van der Waals surface area contributed by atoms with E-state index in [-0.39, 0.29) is 17.7 Å². The number of carbonyl (C=O) groups is 2. The van der Waals surface area contributed by atoms with Crippen LogP contribution in [0.4, 0.5) is 10.5 Å². The van der Waals surface area contributed by atoms with Crippen molar-refractivity contribution in [2.24, 2.45) is 5.73 Å². The van der Waals surface area contributed by atoms with Gasteiger partial charge in [0.1, 0.15) is 0 Å². The second kappa shape index (κ2) is 6.58. The number of nitrogens with two attached hydrogens (primary N) is 1. The zero-order chi connectivity index (χ0) is 16.3. The summed E-state index contributed by atoms with van der Waals surface area (Å²) in [6, 6.07) is 6.34. The average molecular weight is 317 g/mol. The first-order valence-electron chi connectivity index (χ1n) is 8.18. The van der Waals surface area contributed by atoms with Crippen LogP contribution in [0.15, 0.2) is 24.3 Å². The molecule has 3 rings (SSSR count). The lowest BCUT2D eigenvalue weighted by atomic mass is 9.82. The Morgan fingerprint density at radius 3 is 2.74 bits per heavy atom. The van der Waals surface area contributed by atoms with Crippen LogP contribution in [0.3, 0.4) is 0 Å². The summed E-state index contributed by atoms with van der Waals surface area (Å²) in [5.41, 5.74) is 6.13. The first kappa shape index (κ1) is 15.8. The fourth-order valence-corrected chi connectivity index (χ4v) is 3.58. The van der Waals surface area contributed by atoms with Gasteiger partial charge in [-0.25, -0.2) is 4.79 Å². The van der Waals surface area contributed by atoms with E-state index < -0.39 is 5.91 Å². The van der Waals surface area contributed by atoms with Gasteiger partial charge in [0.05, 0.1) is 18.2 Å². The van der Waals surface area contributed by atoms with E-state index in [9.17, 15) is 9.59 Å². The van der Waals surface area contributed by atoms with Gasteiger partial charge in [-0.3, -0.25) is 4.79 Å². The van der Waals surface area contributed by atoms with Gasteiger partial charge in [-0.2, -0.15) is 0 Å². The Labute approximate surface area is 135 Å². The monoisotopic (exact) mass is 317 g/mol. The Balaban J connectivity index is 1.54. The van der Waals surface area contributed by atoms with Gasteiger partial charge in [-0.1, -0.05) is 25.3 Å². The van der Waals surface area contributed by atoms with E-state index in [4.69, 9.17) is 10.5 Å². The molecule has 4 N–H and O–H groups in total. The highest BCUT2D eigenvalue weighted by molar-refractivity contribution is 5.95. The van der Waals surface area contributed by atoms with Crippen LogP contribution in [0.5, 0.6) is 0 Å². The van der Waals surface area contributed by atoms with Gasteiger partial charge in [-0.15, -0.1) is 0 Å². The van der Waals surface area contributed by atoms with Gasteiger partial charge < -0.3 is 21.1 Å². The summed E-state index contributed by atoms with van der Waals surface area (Å²) in [5, 5.41) is 5.70.